The molecular weight excluding hydrogens is 242 g/mol. The highest BCUT2D eigenvalue weighted by Gasteiger charge is 2.31. The molecule has 1 saturated heterocycles. The highest BCUT2D eigenvalue weighted by molar-refractivity contribution is 6.30. The molecule has 0 radical (unpaired) electrons. The van der Waals surface area contributed by atoms with Gasteiger partial charge in [0.05, 0.1) is 0 Å². The van der Waals surface area contributed by atoms with Crippen LogP contribution in [0.25, 0.3) is 0 Å². The Kier molecular flexibility index (Phi) is 3.07. The smallest absolute Gasteiger partial charge is 0.227 e. The summed E-state index contributed by atoms with van der Waals surface area (Å²) in [5.41, 5.74) is 1.56. The zero-order valence-corrected chi connectivity index (χ0v) is 10.0. The number of anilines is 1. The second-order valence-electron chi connectivity index (χ2n) is 4.16. The van der Waals surface area contributed by atoms with E-state index in [0.29, 0.717) is 10.7 Å². The summed E-state index contributed by atoms with van der Waals surface area (Å²) in [5.74, 6) is -2.09. The molecule has 1 amide bonds. The molecule has 2 rings (SSSR count). The summed E-state index contributed by atoms with van der Waals surface area (Å²) in [4.78, 5) is 24.0. The monoisotopic (exact) mass is 252 g/mol. The first kappa shape index (κ1) is 11.9. The van der Waals surface area contributed by atoms with Crippen LogP contribution in [0.2, 0.25) is 5.02 Å². The Morgan fingerprint density at radius 3 is 2.76 bits per heavy atom. The van der Waals surface area contributed by atoms with E-state index in [4.69, 9.17) is 11.6 Å². The number of hydrogen-bond acceptors (Lipinski definition) is 3. The maximum atomic E-state index is 11.7. The average Bonchev–Trinajstić information content (AvgIpc) is 2.61. The molecule has 0 N–H and O–H groups in total. The van der Waals surface area contributed by atoms with E-state index in [0.717, 1.165) is 5.56 Å². The van der Waals surface area contributed by atoms with Gasteiger partial charge in [0.15, 0.2) is 0 Å². The van der Waals surface area contributed by atoms with Gasteiger partial charge in [-0.25, -0.2) is 0 Å². The normalized spacial score (nSPS) is 19.8. The van der Waals surface area contributed by atoms with Gasteiger partial charge in [0.1, 0.15) is 0 Å². The van der Waals surface area contributed by atoms with Crippen molar-refractivity contribution in [1.82, 2.24) is 0 Å². The molecule has 1 fully saturated rings. The van der Waals surface area contributed by atoms with Crippen LogP contribution < -0.4 is 10.0 Å². The predicted molar refractivity (Wildman–Crippen MR) is 61.7 cm³/mol. The summed E-state index contributed by atoms with van der Waals surface area (Å²) in [6.07, 6.45) is 0.00436. The summed E-state index contributed by atoms with van der Waals surface area (Å²) < 4.78 is 0. The Labute approximate surface area is 104 Å². The number of carbonyl (C=O) groups excluding carboxylic acids is 2. The largest absolute Gasteiger partial charge is 0.550 e. The van der Waals surface area contributed by atoms with E-state index in [-0.39, 0.29) is 18.9 Å². The first-order valence-corrected chi connectivity index (χ1v) is 5.64. The van der Waals surface area contributed by atoms with E-state index in [1.807, 2.05) is 6.92 Å². The molecule has 4 nitrogen and oxygen atoms in total. The van der Waals surface area contributed by atoms with Crippen LogP contribution in [-0.4, -0.2) is 18.4 Å². The van der Waals surface area contributed by atoms with Crippen LogP contribution in [0, 0.1) is 12.8 Å². The number of carboxylic acids is 1. The molecule has 1 aliphatic rings. The minimum Gasteiger partial charge on any atom is -0.550 e. The van der Waals surface area contributed by atoms with Gasteiger partial charge in [0.2, 0.25) is 5.91 Å². The van der Waals surface area contributed by atoms with Crippen LogP contribution in [-0.2, 0) is 9.59 Å². The van der Waals surface area contributed by atoms with Crippen molar-refractivity contribution in [3.63, 3.8) is 0 Å². The molecule has 1 heterocycles. The van der Waals surface area contributed by atoms with Gasteiger partial charge in [-0.2, -0.15) is 0 Å². The summed E-state index contributed by atoms with van der Waals surface area (Å²) in [5, 5.41) is 11.3. The van der Waals surface area contributed by atoms with Crippen LogP contribution in [0.5, 0.6) is 0 Å². The lowest BCUT2D eigenvalue weighted by atomic mass is 10.1. The molecule has 0 saturated carbocycles. The van der Waals surface area contributed by atoms with Gasteiger partial charge in [-0.15, -0.1) is 0 Å². The number of hydrogen-bond donors (Lipinski definition) is 0. The molecule has 90 valence electrons. The molecule has 1 atom stereocenters. The second kappa shape index (κ2) is 4.37. The van der Waals surface area contributed by atoms with E-state index in [1.54, 1.807) is 18.2 Å². The van der Waals surface area contributed by atoms with Gasteiger partial charge in [0.25, 0.3) is 0 Å². The molecule has 0 spiro atoms. The number of halogens is 1. The highest BCUT2D eigenvalue weighted by Crippen LogP contribution is 2.29. The maximum Gasteiger partial charge on any atom is 0.227 e. The summed E-state index contributed by atoms with van der Waals surface area (Å²) in [7, 11) is 0. The molecule has 1 aliphatic heterocycles. The minimum atomic E-state index is -1.17. The Morgan fingerprint density at radius 2 is 2.24 bits per heavy atom. The molecule has 0 unspecified atom stereocenters. The van der Waals surface area contributed by atoms with Crippen LogP contribution >= 0.6 is 11.6 Å². The number of benzene rings is 1. The van der Waals surface area contributed by atoms with E-state index >= 15 is 0 Å². The number of rotatable bonds is 2. The Bertz CT molecular complexity index is 487. The fourth-order valence-corrected chi connectivity index (χ4v) is 2.25. The van der Waals surface area contributed by atoms with E-state index in [2.05, 4.69) is 0 Å². The number of amides is 1. The van der Waals surface area contributed by atoms with Crippen molar-refractivity contribution >= 4 is 29.2 Å². The standard InChI is InChI=1S/C12H12ClNO3/c1-7-4-9(13)2-3-10(7)14-6-8(12(16)17)5-11(14)15/h2-4,8H,5-6H2,1H3,(H,16,17)/p-1/t8-/m0/s1. The third-order valence-electron chi connectivity index (χ3n) is 2.91. The lowest BCUT2D eigenvalue weighted by molar-refractivity contribution is -0.310. The van der Waals surface area contributed by atoms with Gasteiger partial charge in [-0.1, -0.05) is 11.6 Å². The van der Waals surface area contributed by atoms with Crippen molar-refractivity contribution in [2.45, 2.75) is 13.3 Å². The average molecular weight is 253 g/mol. The minimum absolute atomic E-state index is 0.00436. The van der Waals surface area contributed by atoms with Crippen molar-refractivity contribution in [3.8, 4) is 0 Å². The molecule has 1 aromatic rings. The van der Waals surface area contributed by atoms with Crippen molar-refractivity contribution in [3.05, 3.63) is 28.8 Å². The van der Waals surface area contributed by atoms with Crippen molar-refractivity contribution in [1.29, 1.82) is 0 Å². The zero-order valence-electron chi connectivity index (χ0n) is 9.27. The molecule has 0 aromatic heterocycles. The Hall–Kier alpha value is -1.55. The topological polar surface area (TPSA) is 60.4 Å². The molecule has 0 bridgehead atoms. The van der Waals surface area contributed by atoms with Crippen molar-refractivity contribution < 1.29 is 14.7 Å². The second-order valence-corrected chi connectivity index (χ2v) is 4.59. The third kappa shape index (κ3) is 2.26. The van der Waals surface area contributed by atoms with Gasteiger partial charge in [-0.3, -0.25) is 4.79 Å². The van der Waals surface area contributed by atoms with E-state index in [9.17, 15) is 14.7 Å². The SMILES string of the molecule is Cc1cc(Cl)ccc1N1C[C@@H](C(=O)[O-])CC1=O. The van der Waals surface area contributed by atoms with Crippen molar-refractivity contribution in [2.75, 3.05) is 11.4 Å². The fourth-order valence-electron chi connectivity index (χ4n) is 2.02. The number of nitrogens with zero attached hydrogens (tertiary/aromatic N) is 1. The lowest BCUT2D eigenvalue weighted by Gasteiger charge is -2.19. The van der Waals surface area contributed by atoms with Crippen LogP contribution in [0.4, 0.5) is 5.69 Å². The summed E-state index contributed by atoms with van der Waals surface area (Å²) in [6, 6.07) is 5.16. The Morgan fingerprint density at radius 1 is 1.53 bits per heavy atom. The first-order chi connectivity index (χ1) is 7.99. The molecule has 5 heteroatoms. The third-order valence-corrected chi connectivity index (χ3v) is 3.14. The molecule has 17 heavy (non-hydrogen) atoms. The first-order valence-electron chi connectivity index (χ1n) is 5.26. The van der Waals surface area contributed by atoms with E-state index < -0.39 is 11.9 Å². The van der Waals surface area contributed by atoms with Crippen LogP contribution in [0.15, 0.2) is 18.2 Å². The quantitative estimate of drug-likeness (QED) is 0.780. The fraction of sp³-hybridized carbons (Fsp3) is 0.333. The van der Waals surface area contributed by atoms with Gasteiger partial charge >= 0.3 is 0 Å². The van der Waals surface area contributed by atoms with Gasteiger partial charge in [-0.05, 0) is 30.7 Å². The molecule has 1 aromatic carbocycles. The summed E-state index contributed by atoms with van der Waals surface area (Å²) in [6.45, 7) is 2.00. The molecule has 0 aliphatic carbocycles. The number of carbonyl (C=O) groups is 2. The Balaban J connectivity index is 2.29. The molecular formula is C12H11ClNO3-. The van der Waals surface area contributed by atoms with E-state index in [1.165, 1.54) is 4.90 Å². The predicted octanol–water partition coefficient (Wildman–Crippen LogP) is 0.751. The summed E-state index contributed by atoms with van der Waals surface area (Å²) >= 11 is 5.83. The maximum absolute atomic E-state index is 11.7. The van der Waals surface area contributed by atoms with Gasteiger partial charge < -0.3 is 14.8 Å². The number of aliphatic carboxylic acids is 1. The number of carboxylic acid groups (broad SMARTS) is 1. The van der Waals surface area contributed by atoms with Crippen LogP contribution in [0.3, 0.4) is 0 Å². The van der Waals surface area contributed by atoms with Crippen molar-refractivity contribution in [2.24, 2.45) is 5.92 Å². The van der Waals surface area contributed by atoms with Gasteiger partial charge in [0, 0.05) is 35.6 Å². The highest BCUT2D eigenvalue weighted by atomic mass is 35.5. The number of aryl methyl sites for hydroxylation is 1. The lowest BCUT2D eigenvalue weighted by Crippen LogP contribution is -2.33. The zero-order chi connectivity index (χ0) is 12.6. The van der Waals surface area contributed by atoms with Crippen LogP contribution in [0.1, 0.15) is 12.0 Å².